The first-order valence-electron chi connectivity index (χ1n) is 8.33. The van der Waals surface area contributed by atoms with E-state index in [1.807, 2.05) is 12.1 Å². The maximum atomic E-state index is 13.2. The third-order valence-electron chi connectivity index (χ3n) is 4.41. The van der Waals surface area contributed by atoms with Crippen LogP contribution < -0.4 is 0 Å². The Morgan fingerprint density at radius 2 is 1.52 bits per heavy atom. The van der Waals surface area contributed by atoms with Gasteiger partial charge < -0.3 is 0 Å². The van der Waals surface area contributed by atoms with Crippen molar-refractivity contribution in [3.63, 3.8) is 0 Å². The molecule has 25 heavy (non-hydrogen) atoms. The highest BCUT2D eigenvalue weighted by Gasteiger charge is 2.52. The van der Waals surface area contributed by atoms with Crippen LogP contribution in [0.25, 0.3) is 0 Å². The Kier molecular flexibility index (Phi) is 6.34. The lowest BCUT2D eigenvalue weighted by Crippen LogP contribution is -2.42. The van der Waals surface area contributed by atoms with E-state index in [4.69, 9.17) is 0 Å². The molecular weight excluding hydrogens is 377 g/mol. The zero-order valence-electron chi connectivity index (χ0n) is 15.3. The van der Waals surface area contributed by atoms with Crippen molar-refractivity contribution >= 4 is 31.6 Å². The quantitative estimate of drug-likeness (QED) is 0.404. The van der Waals surface area contributed by atoms with E-state index in [-0.39, 0.29) is 10.5 Å². The molecule has 0 radical (unpaired) electrons. The number of benzene rings is 1. The van der Waals surface area contributed by atoms with Crippen molar-refractivity contribution < 1.29 is 13.2 Å². The van der Waals surface area contributed by atoms with Crippen molar-refractivity contribution in [2.45, 2.75) is 44.2 Å². The van der Waals surface area contributed by atoms with Crippen LogP contribution in [0.15, 0.2) is 24.3 Å². The van der Waals surface area contributed by atoms with Crippen LogP contribution in [0.3, 0.4) is 0 Å². The molecule has 0 aromatic heterocycles. The maximum Gasteiger partial charge on any atom is 0.394 e. The third kappa shape index (κ3) is 5.48. The average Bonchev–Trinajstić information content (AvgIpc) is 2.52. The van der Waals surface area contributed by atoms with Gasteiger partial charge in [-0.3, -0.25) is 0 Å². The fourth-order valence-electron chi connectivity index (χ4n) is 2.33. The number of rotatable bonds is 2. The Morgan fingerprint density at radius 1 is 1.00 bits per heavy atom. The van der Waals surface area contributed by atoms with E-state index in [1.165, 1.54) is 13.8 Å². The second-order valence-electron chi connectivity index (χ2n) is 8.04. The fraction of sp³-hybridized carbons (Fsp3) is 0.579. The Bertz CT molecular complexity index is 640. The Hall–Kier alpha value is -0.513. The number of hydrogen-bond donors (Lipinski definition) is 0. The minimum atomic E-state index is -4.15. The minimum absolute atomic E-state index is 0.208. The predicted octanol–water partition coefficient (Wildman–Crippen LogP) is 6.60. The molecule has 1 saturated heterocycles. The summed E-state index contributed by atoms with van der Waals surface area (Å²) in [6.45, 7) is 9.28. The van der Waals surface area contributed by atoms with Gasteiger partial charge in [0.2, 0.25) is 0 Å². The molecule has 0 spiro atoms. The summed E-state index contributed by atoms with van der Waals surface area (Å²) in [7, 11) is -1.39. The molecule has 0 nitrogen and oxygen atoms in total. The van der Waals surface area contributed by atoms with Crippen LogP contribution in [0.4, 0.5) is 13.2 Å². The molecule has 1 heterocycles. The molecule has 0 unspecified atom stereocenters. The molecule has 6 heteroatoms. The monoisotopic (exact) mass is 402 g/mol. The highest BCUT2D eigenvalue weighted by molar-refractivity contribution is 8.16. The van der Waals surface area contributed by atoms with Crippen LogP contribution in [-0.2, 0) is 0 Å². The minimum Gasteiger partial charge on any atom is -0.171 e. The van der Waals surface area contributed by atoms with Crippen molar-refractivity contribution in [3.8, 4) is 11.5 Å². The number of halogens is 3. The molecule has 138 valence electrons. The van der Waals surface area contributed by atoms with Crippen LogP contribution in [-0.4, -0.2) is 25.8 Å². The van der Waals surface area contributed by atoms with E-state index in [2.05, 4.69) is 43.2 Å². The van der Waals surface area contributed by atoms with Gasteiger partial charge in [0, 0.05) is 5.56 Å². The molecule has 0 amide bonds. The van der Waals surface area contributed by atoms with E-state index in [0.717, 1.165) is 11.1 Å². The summed E-state index contributed by atoms with van der Waals surface area (Å²) < 4.78 is 39.8. The lowest BCUT2D eigenvalue weighted by atomic mass is 9.80. The largest absolute Gasteiger partial charge is 0.394 e. The smallest absolute Gasteiger partial charge is 0.171 e. The standard InChI is InChI=1S/C19H25F3S2Si/c1-18(2,19(20,21)22)16-12-23-17(24-13-16)15-8-6-14(7-9-15)10-11-25(3,4)5/h6-9,16-17H,12-13H2,1-5H3/t16-,17-. The van der Waals surface area contributed by atoms with Crippen molar-refractivity contribution in [2.75, 3.05) is 11.5 Å². The van der Waals surface area contributed by atoms with E-state index in [1.54, 1.807) is 23.5 Å². The maximum absolute atomic E-state index is 13.2. The highest BCUT2D eigenvalue weighted by atomic mass is 32.2. The van der Waals surface area contributed by atoms with Gasteiger partial charge in [0.1, 0.15) is 8.07 Å². The number of hydrogen-bond acceptors (Lipinski definition) is 2. The molecule has 1 aliphatic heterocycles. The average molecular weight is 403 g/mol. The highest BCUT2D eigenvalue weighted by Crippen LogP contribution is 2.53. The van der Waals surface area contributed by atoms with E-state index in [0.29, 0.717) is 11.5 Å². The molecule has 2 rings (SSSR count). The van der Waals surface area contributed by atoms with Crippen molar-refractivity contribution in [2.24, 2.45) is 11.3 Å². The van der Waals surface area contributed by atoms with Gasteiger partial charge in [-0.1, -0.05) is 51.5 Å². The fourth-order valence-corrected chi connectivity index (χ4v) is 6.43. The molecular formula is C19H25F3S2Si. The topological polar surface area (TPSA) is 0 Å². The second-order valence-corrected chi connectivity index (χ2v) is 15.4. The molecule has 1 aromatic carbocycles. The van der Waals surface area contributed by atoms with Gasteiger partial charge in [0.25, 0.3) is 0 Å². The van der Waals surface area contributed by atoms with Gasteiger partial charge in [-0.15, -0.1) is 29.1 Å². The lowest BCUT2D eigenvalue weighted by molar-refractivity contribution is -0.224. The summed E-state index contributed by atoms with van der Waals surface area (Å²) in [6.07, 6.45) is -4.15. The van der Waals surface area contributed by atoms with Crippen molar-refractivity contribution in [3.05, 3.63) is 35.4 Å². The molecule has 0 bridgehead atoms. The summed E-state index contributed by atoms with van der Waals surface area (Å²) in [5, 5.41) is 0. The molecule has 1 fully saturated rings. The zero-order valence-corrected chi connectivity index (χ0v) is 18.0. The number of alkyl halides is 3. The van der Waals surface area contributed by atoms with Crippen LogP contribution in [0.5, 0.6) is 0 Å². The van der Waals surface area contributed by atoms with E-state index in [9.17, 15) is 13.2 Å². The van der Waals surface area contributed by atoms with Crippen LogP contribution in [0, 0.1) is 22.8 Å². The number of thioether (sulfide) groups is 2. The molecule has 1 aromatic rings. The second kappa shape index (κ2) is 7.62. The van der Waals surface area contributed by atoms with Gasteiger partial charge in [0.05, 0.1) is 10.00 Å². The first-order chi connectivity index (χ1) is 11.4. The van der Waals surface area contributed by atoms with Crippen molar-refractivity contribution in [1.82, 2.24) is 0 Å². The van der Waals surface area contributed by atoms with Gasteiger partial charge >= 0.3 is 6.18 Å². The van der Waals surface area contributed by atoms with Crippen LogP contribution in [0.1, 0.15) is 29.6 Å². The summed E-state index contributed by atoms with van der Waals surface area (Å²) in [5.74, 6) is 3.97. The third-order valence-corrected chi connectivity index (χ3v) is 8.44. The summed E-state index contributed by atoms with van der Waals surface area (Å²) in [6, 6.07) is 8.17. The van der Waals surface area contributed by atoms with Crippen LogP contribution >= 0.6 is 23.5 Å². The predicted molar refractivity (Wildman–Crippen MR) is 108 cm³/mol. The normalized spacial score (nSPS) is 22.2. The van der Waals surface area contributed by atoms with E-state index >= 15 is 0 Å². The SMILES string of the molecule is CC(C)([C@H]1CS[C@H](c2ccc(C#C[Si](C)(C)C)cc2)SC1)C(F)(F)F. The van der Waals surface area contributed by atoms with Gasteiger partial charge in [0.15, 0.2) is 0 Å². The van der Waals surface area contributed by atoms with Gasteiger partial charge in [-0.2, -0.15) is 13.2 Å². The molecule has 0 N–H and O–H groups in total. The summed E-state index contributed by atoms with van der Waals surface area (Å²) in [4.78, 5) is 0. The Labute approximate surface area is 158 Å². The molecule has 0 atom stereocenters. The van der Waals surface area contributed by atoms with Gasteiger partial charge in [-0.25, -0.2) is 0 Å². The first-order valence-corrected chi connectivity index (χ1v) is 13.9. The first kappa shape index (κ1) is 20.8. The van der Waals surface area contributed by atoms with E-state index < -0.39 is 19.7 Å². The molecule has 1 aliphatic rings. The van der Waals surface area contributed by atoms with Gasteiger partial charge in [-0.05, 0) is 35.1 Å². The van der Waals surface area contributed by atoms with Crippen LogP contribution in [0.2, 0.25) is 19.6 Å². The Morgan fingerprint density at radius 3 is 1.96 bits per heavy atom. The zero-order chi connectivity index (χ0) is 18.9. The Balaban J connectivity index is 2.00. The molecule has 0 saturated carbocycles. The molecule has 0 aliphatic carbocycles. The summed E-state index contributed by atoms with van der Waals surface area (Å²) in [5.41, 5.74) is 3.89. The summed E-state index contributed by atoms with van der Waals surface area (Å²) >= 11 is 3.25. The lowest BCUT2D eigenvalue weighted by Gasteiger charge is -2.39. The van der Waals surface area contributed by atoms with Crippen molar-refractivity contribution in [1.29, 1.82) is 0 Å².